The minimum absolute atomic E-state index is 0.451. The summed E-state index contributed by atoms with van der Waals surface area (Å²) in [4.78, 5) is 27.2. The molecule has 0 fully saturated rings. The van der Waals surface area contributed by atoms with Crippen LogP contribution < -0.4 is 15.5 Å². The number of carbonyl (C=O) groups is 2. The van der Waals surface area contributed by atoms with Crippen molar-refractivity contribution in [2.24, 2.45) is 0 Å². The Morgan fingerprint density at radius 1 is 0.966 bits per heavy atom. The van der Waals surface area contributed by atoms with Crippen molar-refractivity contribution in [2.75, 3.05) is 29.6 Å². The van der Waals surface area contributed by atoms with Gasteiger partial charge in [-0.1, -0.05) is 41.9 Å². The molecule has 0 saturated carbocycles. The number of hydrogen-bond acceptors (Lipinski definition) is 5. The minimum Gasteiger partial charge on any atom is -0.431 e. The van der Waals surface area contributed by atoms with E-state index in [1.165, 1.54) is 11.3 Å². The van der Waals surface area contributed by atoms with Crippen LogP contribution in [0.2, 0.25) is 4.34 Å². The second kappa shape index (κ2) is 9.45. The molecule has 0 aliphatic heterocycles. The molecule has 0 saturated heterocycles. The summed E-state index contributed by atoms with van der Waals surface area (Å²) in [6.45, 7) is 0. The number of amides is 2. The molecule has 3 rings (SSSR count). The van der Waals surface area contributed by atoms with Gasteiger partial charge in [0, 0.05) is 31.0 Å². The van der Waals surface area contributed by atoms with Gasteiger partial charge in [0.05, 0.1) is 9.34 Å². The summed E-state index contributed by atoms with van der Waals surface area (Å²) in [5.74, 6) is -0.451. The number of ether oxygens (including phenoxy) is 1. The van der Waals surface area contributed by atoms with Crippen molar-refractivity contribution in [2.45, 2.75) is 6.10 Å². The van der Waals surface area contributed by atoms with Crippen LogP contribution in [-0.4, -0.2) is 26.1 Å². The maximum Gasteiger partial charge on any atom is 0.413 e. The Balaban J connectivity index is 1.74. The Morgan fingerprint density at radius 3 is 2.24 bits per heavy atom. The van der Waals surface area contributed by atoms with E-state index < -0.39 is 18.1 Å². The second-order valence-electron chi connectivity index (χ2n) is 6.36. The summed E-state index contributed by atoms with van der Waals surface area (Å²) >= 11 is 7.08. The van der Waals surface area contributed by atoms with E-state index >= 15 is 0 Å². The third-order valence-electron chi connectivity index (χ3n) is 4.02. The van der Waals surface area contributed by atoms with E-state index in [2.05, 4.69) is 10.6 Å². The predicted molar refractivity (Wildman–Crippen MR) is 118 cm³/mol. The fourth-order valence-corrected chi connectivity index (χ4v) is 3.50. The van der Waals surface area contributed by atoms with Crippen molar-refractivity contribution in [1.82, 2.24) is 0 Å². The molecule has 2 aromatic carbocycles. The van der Waals surface area contributed by atoms with Crippen LogP contribution >= 0.6 is 22.9 Å². The summed E-state index contributed by atoms with van der Waals surface area (Å²) < 4.78 is 5.98. The van der Waals surface area contributed by atoms with Crippen molar-refractivity contribution in [3.63, 3.8) is 0 Å². The molecule has 1 atom stereocenters. The highest BCUT2D eigenvalue weighted by Gasteiger charge is 2.25. The van der Waals surface area contributed by atoms with Crippen LogP contribution in [0.3, 0.4) is 0 Å². The van der Waals surface area contributed by atoms with Gasteiger partial charge in [-0.25, -0.2) is 4.79 Å². The number of benzene rings is 2. The average molecular weight is 430 g/mol. The maximum absolute atomic E-state index is 12.9. The van der Waals surface area contributed by atoms with Gasteiger partial charge >= 0.3 is 6.09 Å². The van der Waals surface area contributed by atoms with Crippen molar-refractivity contribution < 1.29 is 14.3 Å². The molecular weight excluding hydrogens is 410 g/mol. The number of halogens is 1. The Morgan fingerprint density at radius 2 is 1.66 bits per heavy atom. The van der Waals surface area contributed by atoms with E-state index in [0.29, 0.717) is 20.6 Å². The van der Waals surface area contributed by atoms with Crippen LogP contribution in [0.4, 0.5) is 21.2 Å². The highest BCUT2D eigenvalue weighted by Crippen LogP contribution is 2.27. The first-order valence-electron chi connectivity index (χ1n) is 8.78. The first-order valence-corrected chi connectivity index (χ1v) is 9.98. The highest BCUT2D eigenvalue weighted by molar-refractivity contribution is 7.20. The van der Waals surface area contributed by atoms with E-state index in [-0.39, 0.29) is 0 Å². The van der Waals surface area contributed by atoms with Gasteiger partial charge in [0.1, 0.15) is 0 Å². The zero-order chi connectivity index (χ0) is 20.8. The first kappa shape index (κ1) is 20.7. The Kier molecular flexibility index (Phi) is 6.74. The Hall–Kier alpha value is -3.03. The van der Waals surface area contributed by atoms with Gasteiger partial charge in [-0.15, -0.1) is 11.3 Å². The van der Waals surface area contributed by atoms with E-state index in [9.17, 15) is 9.59 Å². The molecule has 2 amide bonds. The summed E-state index contributed by atoms with van der Waals surface area (Å²) in [5.41, 5.74) is 2.18. The minimum atomic E-state index is -1.11. The largest absolute Gasteiger partial charge is 0.431 e. The second-order valence-corrected chi connectivity index (χ2v) is 8.07. The Bertz CT molecular complexity index is 974. The molecule has 0 radical (unpaired) electrons. The van der Waals surface area contributed by atoms with E-state index in [0.717, 1.165) is 5.69 Å². The molecule has 3 aromatic rings. The molecule has 29 heavy (non-hydrogen) atoms. The summed E-state index contributed by atoms with van der Waals surface area (Å²) in [5, 5.41) is 5.92. The lowest BCUT2D eigenvalue weighted by Crippen LogP contribution is -2.27. The molecule has 150 valence electrons. The van der Waals surface area contributed by atoms with Gasteiger partial charge in [0.2, 0.25) is 6.10 Å². The zero-order valence-electron chi connectivity index (χ0n) is 15.9. The fourth-order valence-electron chi connectivity index (χ4n) is 2.57. The monoisotopic (exact) mass is 429 g/mol. The van der Waals surface area contributed by atoms with Crippen LogP contribution in [0.1, 0.15) is 11.7 Å². The van der Waals surface area contributed by atoms with Crippen LogP contribution in [0.15, 0.2) is 66.7 Å². The number of rotatable bonds is 6. The van der Waals surface area contributed by atoms with Gasteiger partial charge in [0.15, 0.2) is 0 Å². The van der Waals surface area contributed by atoms with E-state index in [1.807, 2.05) is 37.2 Å². The summed E-state index contributed by atoms with van der Waals surface area (Å²) in [6.07, 6.45) is -1.85. The topological polar surface area (TPSA) is 70.7 Å². The molecule has 1 aromatic heterocycles. The quantitative estimate of drug-likeness (QED) is 0.550. The fraction of sp³-hybridized carbons (Fsp3) is 0.143. The van der Waals surface area contributed by atoms with Crippen molar-refractivity contribution >= 4 is 51.3 Å². The van der Waals surface area contributed by atoms with Crippen LogP contribution in [-0.2, 0) is 9.53 Å². The molecule has 2 N–H and O–H groups in total. The van der Waals surface area contributed by atoms with Crippen molar-refractivity contribution in [3.05, 3.63) is 76.6 Å². The third kappa shape index (κ3) is 5.73. The number of thiophene rings is 1. The number of hydrogen-bond donors (Lipinski definition) is 2. The van der Waals surface area contributed by atoms with Gasteiger partial charge in [-0.2, -0.15) is 0 Å². The number of carbonyl (C=O) groups excluding carboxylic acids is 2. The lowest BCUT2D eigenvalue weighted by molar-refractivity contribution is -0.124. The highest BCUT2D eigenvalue weighted by atomic mass is 35.5. The molecule has 1 unspecified atom stereocenters. The summed E-state index contributed by atoms with van der Waals surface area (Å²) in [7, 11) is 3.87. The van der Waals surface area contributed by atoms with Gasteiger partial charge in [-0.3, -0.25) is 10.1 Å². The van der Waals surface area contributed by atoms with Gasteiger partial charge in [-0.05, 0) is 36.4 Å². The van der Waals surface area contributed by atoms with Crippen LogP contribution in [0, 0.1) is 0 Å². The van der Waals surface area contributed by atoms with Gasteiger partial charge < -0.3 is 15.0 Å². The molecular formula is C21H20ClN3O3S. The van der Waals surface area contributed by atoms with Crippen molar-refractivity contribution in [3.8, 4) is 0 Å². The average Bonchev–Trinajstić information content (AvgIpc) is 3.11. The SMILES string of the molecule is CN(C)c1ccc(NC(=O)C(OC(=O)Nc2ccc(Cl)s2)c2ccccc2)cc1. The maximum atomic E-state index is 12.9. The van der Waals surface area contributed by atoms with Gasteiger partial charge in [0.25, 0.3) is 5.91 Å². The van der Waals surface area contributed by atoms with E-state index in [4.69, 9.17) is 16.3 Å². The molecule has 0 aliphatic rings. The Labute approximate surface area is 178 Å². The molecule has 0 bridgehead atoms. The molecule has 0 spiro atoms. The van der Waals surface area contributed by atoms with Crippen molar-refractivity contribution in [1.29, 1.82) is 0 Å². The first-order chi connectivity index (χ1) is 13.9. The smallest absolute Gasteiger partial charge is 0.413 e. The lowest BCUT2D eigenvalue weighted by atomic mass is 10.1. The predicted octanol–water partition coefficient (Wildman–Crippen LogP) is 5.40. The van der Waals surface area contributed by atoms with Crippen LogP contribution in [0.25, 0.3) is 0 Å². The number of nitrogens with zero attached hydrogens (tertiary/aromatic N) is 1. The number of anilines is 3. The molecule has 1 heterocycles. The summed E-state index contributed by atoms with van der Waals surface area (Å²) in [6, 6.07) is 19.5. The standard InChI is InChI=1S/C21H20ClN3O3S/c1-25(2)16-10-8-15(9-11-16)23-20(26)19(14-6-4-3-5-7-14)28-21(27)24-18-13-12-17(22)29-18/h3-13,19H,1-2H3,(H,23,26)(H,24,27). The lowest BCUT2D eigenvalue weighted by Gasteiger charge is -2.18. The molecule has 6 nitrogen and oxygen atoms in total. The normalized spacial score (nSPS) is 11.4. The van der Waals surface area contributed by atoms with Crippen LogP contribution in [0.5, 0.6) is 0 Å². The van der Waals surface area contributed by atoms with E-state index in [1.54, 1.807) is 48.5 Å². The third-order valence-corrected chi connectivity index (χ3v) is 5.16. The molecule has 8 heteroatoms. The zero-order valence-corrected chi connectivity index (χ0v) is 17.5. The molecule has 0 aliphatic carbocycles. The number of nitrogens with one attached hydrogen (secondary N) is 2.